The molecule has 0 aromatic rings. The van der Waals surface area contributed by atoms with E-state index in [1.165, 1.54) is 5.06 Å². The number of Topliss-reactive ketones (excluding diaryl/α,β-unsaturated/α-hetero) is 1. The van der Waals surface area contributed by atoms with Crippen molar-refractivity contribution in [2.45, 2.75) is 52.6 Å². The number of hydrogen-bond acceptors (Lipinski definition) is 3. The molecule has 3 heteroatoms. The van der Waals surface area contributed by atoms with Crippen LogP contribution >= 0.6 is 0 Å². The first-order chi connectivity index (χ1) is 6.60. The van der Waals surface area contributed by atoms with Gasteiger partial charge < -0.3 is 5.21 Å². The summed E-state index contributed by atoms with van der Waals surface area (Å²) in [4.78, 5) is 12.0. The fourth-order valence-electron chi connectivity index (χ4n) is 2.11. The molecule has 86 valence electrons. The van der Waals surface area contributed by atoms with E-state index in [0.717, 1.165) is 0 Å². The maximum atomic E-state index is 12.0. The van der Waals surface area contributed by atoms with Crippen LogP contribution < -0.4 is 0 Å². The molecular formula is C12H21NO2. The van der Waals surface area contributed by atoms with Crippen LogP contribution in [0.4, 0.5) is 0 Å². The highest BCUT2D eigenvalue weighted by molar-refractivity contribution is 5.99. The summed E-state index contributed by atoms with van der Waals surface area (Å²) in [6.45, 7) is 11.3. The summed E-state index contributed by atoms with van der Waals surface area (Å²) in [5.74, 6) is 0.0856. The topological polar surface area (TPSA) is 40.5 Å². The molecule has 0 radical (unpaired) electrons. The maximum absolute atomic E-state index is 12.0. The molecule has 0 aromatic carbocycles. The first-order valence-corrected chi connectivity index (χ1v) is 5.37. The monoisotopic (exact) mass is 211 g/mol. The van der Waals surface area contributed by atoms with E-state index in [4.69, 9.17) is 0 Å². The number of hydrogen-bond donors (Lipinski definition) is 1. The molecule has 3 nitrogen and oxygen atoms in total. The average molecular weight is 211 g/mol. The van der Waals surface area contributed by atoms with Crippen LogP contribution in [-0.2, 0) is 4.79 Å². The quantitative estimate of drug-likeness (QED) is 0.762. The van der Waals surface area contributed by atoms with Gasteiger partial charge in [0.1, 0.15) is 0 Å². The van der Waals surface area contributed by atoms with Crippen molar-refractivity contribution in [3.63, 3.8) is 0 Å². The molecule has 0 spiro atoms. The minimum Gasteiger partial charge on any atom is -0.312 e. The molecule has 0 unspecified atom stereocenters. The van der Waals surface area contributed by atoms with Gasteiger partial charge >= 0.3 is 0 Å². The Morgan fingerprint density at radius 1 is 1.33 bits per heavy atom. The number of nitrogens with zero attached hydrogens (tertiary/aromatic N) is 1. The third kappa shape index (κ3) is 1.86. The lowest BCUT2D eigenvalue weighted by atomic mass is 9.88. The summed E-state index contributed by atoms with van der Waals surface area (Å²) < 4.78 is 0. The van der Waals surface area contributed by atoms with E-state index in [0.29, 0.717) is 5.57 Å². The molecular weight excluding hydrogens is 190 g/mol. The molecule has 0 bridgehead atoms. The third-order valence-corrected chi connectivity index (χ3v) is 3.02. The summed E-state index contributed by atoms with van der Waals surface area (Å²) >= 11 is 0. The predicted octanol–water partition coefficient (Wildman–Crippen LogP) is 2.40. The Kier molecular flexibility index (Phi) is 2.83. The first-order valence-electron chi connectivity index (χ1n) is 5.37. The molecule has 0 saturated heterocycles. The molecule has 15 heavy (non-hydrogen) atoms. The van der Waals surface area contributed by atoms with Crippen molar-refractivity contribution < 1.29 is 10.0 Å². The number of ketones is 1. The molecule has 0 aliphatic carbocycles. The van der Waals surface area contributed by atoms with Crippen LogP contribution in [0.1, 0.15) is 41.5 Å². The smallest absolute Gasteiger partial charge is 0.163 e. The second-order valence-electron chi connectivity index (χ2n) is 5.60. The zero-order valence-electron chi connectivity index (χ0n) is 10.5. The van der Waals surface area contributed by atoms with Crippen LogP contribution in [0.3, 0.4) is 0 Å². The summed E-state index contributed by atoms with van der Waals surface area (Å²) in [6, 6.07) is 0. The highest BCUT2D eigenvalue weighted by Crippen LogP contribution is 2.39. The van der Waals surface area contributed by atoms with Gasteiger partial charge in [-0.05, 0) is 27.7 Å². The molecule has 1 N–H and O–H groups in total. The fourth-order valence-corrected chi connectivity index (χ4v) is 2.11. The number of rotatable bonds is 2. The molecule has 0 amide bonds. The van der Waals surface area contributed by atoms with Gasteiger partial charge in [-0.25, -0.2) is 0 Å². The van der Waals surface area contributed by atoms with Crippen LogP contribution in [0.5, 0.6) is 0 Å². The van der Waals surface area contributed by atoms with Gasteiger partial charge in [-0.2, -0.15) is 5.06 Å². The van der Waals surface area contributed by atoms with Gasteiger partial charge in [0.25, 0.3) is 0 Å². The zero-order valence-corrected chi connectivity index (χ0v) is 10.5. The highest BCUT2D eigenvalue weighted by Gasteiger charge is 2.47. The maximum Gasteiger partial charge on any atom is 0.163 e. The Balaban J connectivity index is 3.15. The highest BCUT2D eigenvalue weighted by atomic mass is 16.5. The SMILES string of the molecule is CC(C)C(=O)C1=CC(C)(C)N(O)C1(C)C. The largest absolute Gasteiger partial charge is 0.312 e. The van der Waals surface area contributed by atoms with Crippen molar-refractivity contribution in [2.24, 2.45) is 5.92 Å². The summed E-state index contributed by atoms with van der Waals surface area (Å²) in [5, 5.41) is 11.3. The van der Waals surface area contributed by atoms with Crippen molar-refractivity contribution >= 4 is 5.78 Å². The molecule has 0 fully saturated rings. The molecule has 0 saturated carbocycles. The summed E-state index contributed by atoms with van der Waals surface area (Å²) in [5.41, 5.74) is -0.348. The molecule has 1 aliphatic heterocycles. The Hall–Kier alpha value is -0.670. The molecule has 0 aromatic heterocycles. The van der Waals surface area contributed by atoms with E-state index in [-0.39, 0.29) is 11.7 Å². The van der Waals surface area contributed by atoms with Crippen LogP contribution in [0.25, 0.3) is 0 Å². The lowest BCUT2D eigenvalue weighted by Gasteiger charge is -2.36. The first kappa shape index (κ1) is 12.4. The Bertz CT molecular complexity index is 314. The van der Waals surface area contributed by atoms with Crippen LogP contribution in [0.2, 0.25) is 0 Å². The summed E-state index contributed by atoms with van der Waals surface area (Å²) in [6.07, 6.45) is 1.87. The standard InChI is InChI=1S/C12H21NO2/c1-8(2)10(14)9-7-11(3,4)13(15)12(9,5)6/h7-8,15H,1-6H3. The van der Waals surface area contributed by atoms with E-state index in [1.54, 1.807) is 0 Å². The van der Waals surface area contributed by atoms with Gasteiger partial charge in [-0.1, -0.05) is 19.9 Å². The predicted molar refractivity (Wildman–Crippen MR) is 59.7 cm³/mol. The van der Waals surface area contributed by atoms with Crippen LogP contribution in [0.15, 0.2) is 11.6 Å². The zero-order chi connectivity index (χ0) is 12.0. The average Bonchev–Trinajstić information content (AvgIpc) is 2.25. The second-order valence-corrected chi connectivity index (χ2v) is 5.60. The van der Waals surface area contributed by atoms with Crippen molar-refractivity contribution in [3.8, 4) is 0 Å². The lowest BCUT2D eigenvalue weighted by molar-refractivity contribution is -0.186. The van der Waals surface area contributed by atoms with Gasteiger partial charge in [0, 0.05) is 11.5 Å². The van der Waals surface area contributed by atoms with E-state index in [9.17, 15) is 10.0 Å². The molecule has 1 heterocycles. The minimum atomic E-state index is -0.592. The van der Waals surface area contributed by atoms with Crippen LogP contribution in [-0.4, -0.2) is 27.1 Å². The van der Waals surface area contributed by atoms with Gasteiger partial charge in [0.15, 0.2) is 5.78 Å². The number of carbonyl (C=O) groups excluding carboxylic acids is 1. The fraction of sp³-hybridized carbons (Fsp3) is 0.750. The molecule has 1 rings (SSSR count). The van der Waals surface area contributed by atoms with Gasteiger partial charge in [-0.3, -0.25) is 4.79 Å². The van der Waals surface area contributed by atoms with E-state index in [1.807, 2.05) is 47.6 Å². The second kappa shape index (κ2) is 3.42. The molecule has 1 aliphatic rings. The van der Waals surface area contributed by atoms with Crippen LogP contribution in [0, 0.1) is 5.92 Å². The van der Waals surface area contributed by atoms with E-state index in [2.05, 4.69) is 0 Å². The number of hydroxylamine groups is 2. The van der Waals surface area contributed by atoms with E-state index < -0.39 is 11.1 Å². The Labute approximate surface area is 91.7 Å². The van der Waals surface area contributed by atoms with E-state index >= 15 is 0 Å². The van der Waals surface area contributed by atoms with Crippen molar-refractivity contribution in [1.29, 1.82) is 0 Å². The van der Waals surface area contributed by atoms with Crippen molar-refractivity contribution in [1.82, 2.24) is 5.06 Å². The lowest BCUT2D eigenvalue weighted by Crippen LogP contribution is -2.48. The summed E-state index contributed by atoms with van der Waals surface area (Å²) in [7, 11) is 0. The van der Waals surface area contributed by atoms with Gasteiger partial charge in [0.05, 0.1) is 11.1 Å². The minimum absolute atomic E-state index is 0.0298. The van der Waals surface area contributed by atoms with Gasteiger partial charge in [0.2, 0.25) is 0 Å². The Morgan fingerprint density at radius 3 is 2.07 bits per heavy atom. The number of carbonyl (C=O) groups is 1. The van der Waals surface area contributed by atoms with Gasteiger partial charge in [-0.15, -0.1) is 0 Å². The van der Waals surface area contributed by atoms with Crippen molar-refractivity contribution in [2.75, 3.05) is 0 Å². The van der Waals surface area contributed by atoms with Crippen molar-refractivity contribution in [3.05, 3.63) is 11.6 Å². The Morgan fingerprint density at radius 2 is 1.80 bits per heavy atom. The normalized spacial score (nSPS) is 24.4. The molecule has 0 atom stereocenters. The third-order valence-electron chi connectivity index (χ3n) is 3.02.